The van der Waals surface area contributed by atoms with E-state index in [1.807, 2.05) is 4.90 Å². The van der Waals surface area contributed by atoms with Gasteiger partial charge >= 0.3 is 0 Å². The number of nitrogens with one attached hydrogen (secondary N) is 2. The van der Waals surface area contributed by atoms with E-state index in [1.165, 1.54) is 23.9 Å². The van der Waals surface area contributed by atoms with Crippen LogP contribution in [0.1, 0.15) is 25.7 Å². The number of anilines is 1. The second-order valence-corrected chi connectivity index (χ2v) is 6.85. The average Bonchev–Trinajstić information content (AvgIpc) is 3.14. The minimum absolute atomic E-state index is 0.0588. The van der Waals surface area contributed by atoms with Crippen LogP contribution >= 0.6 is 11.8 Å². The Morgan fingerprint density at radius 2 is 2.09 bits per heavy atom. The number of hydrogen-bond acceptors (Lipinski definition) is 6. The van der Waals surface area contributed by atoms with Crippen molar-refractivity contribution in [1.82, 2.24) is 25.0 Å². The Morgan fingerprint density at radius 1 is 1.30 bits per heavy atom. The maximum Gasteiger partial charge on any atom is 0.248 e. The summed E-state index contributed by atoms with van der Waals surface area (Å²) in [5, 5.41) is 9.95. The van der Waals surface area contributed by atoms with Crippen LogP contribution in [0.4, 0.5) is 5.95 Å². The lowest BCUT2D eigenvalue weighted by Crippen LogP contribution is -2.37. The van der Waals surface area contributed by atoms with E-state index in [0.717, 1.165) is 37.6 Å². The van der Waals surface area contributed by atoms with E-state index in [4.69, 9.17) is 0 Å². The van der Waals surface area contributed by atoms with Crippen molar-refractivity contribution in [2.45, 2.75) is 38.3 Å². The number of likely N-dealkylation sites (tertiary alicyclic amines) is 1. The van der Waals surface area contributed by atoms with Gasteiger partial charge in [0.25, 0.3) is 0 Å². The fraction of sp³-hybridized carbons (Fsp3) is 0.714. The van der Waals surface area contributed by atoms with Crippen LogP contribution in [0, 0.1) is 0 Å². The molecule has 2 saturated heterocycles. The van der Waals surface area contributed by atoms with Gasteiger partial charge in [0.2, 0.25) is 17.8 Å². The molecule has 3 rings (SSSR count). The maximum absolute atomic E-state index is 12.3. The molecule has 1 atom stereocenters. The second-order valence-electron chi connectivity index (χ2n) is 5.82. The van der Waals surface area contributed by atoms with Gasteiger partial charge in [-0.25, -0.2) is 9.67 Å². The second kappa shape index (κ2) is 7.78. The van der Waals surface area contributed by atoms with Crippen LogP contribution in [-0.2, 0) is 16.1 Å². The molecule has 1 unspecified atom stereocenters. The molecule has 1 aromatic rings. The molecule has 0 saturated carbocycles. The number of nitrogens with zero attached hydrogens (tertiary/aromatic N) is 4. The quantitative estimate of drug-likeness (QED) is 0.819. The zero-order valence-electron chi connectivity index (χ0n) is 13.0. The van der Waals surface area contributed by atoms with Crippen LogP contribution in [-0.4, -0.2) is 62.2 Å². The third kappa shape index (κ3) is 4.44. The third-order valence-corrected chi connectivity index (χ3v) is 5.00. The van der Waals surface area contributed by atoms with Crippen molar-refractivity contribution in [3.05, 3.63) is 6.33 Å². The van der Waals surface area contributed by atoms with Crippen LogP contribution in [0.5, 0.6) is 0 Å². The minimum atomic E-state index is -0.203. The fourth-order valence-corrected chi connectivity index (χ4v) is 3.69. The summed E-state index contributed by atoms with van der Waals surface area (Å²) >= 11 is 1.68. The maximum atomic E-state index is 12.3. The normalized spacial score (nSPS) is 21.9. The summed E-state index contributed by atoms with van der Waals surface area (Å²) in [5.74, 6) is 1.71. The van der Waals surface area contributed by atoms with Crippen molar-refractivity contribution >= 4 is 29.5 Å². The first-order valence-electron chi connectivity index (χ1n) is 8.01. The predicted molar refractivity (Wildman–Crippen MR) is 87.9 cm³/mol. The molecule has 8 nitrogen and oxygen atoms in total. The van der Waals surface area contributed by atoms with E-state index >= 15 is 0 Å². The first-order valence-corrected chi connectivity index (χ1v) is 9.17. The van der Waals surface area contributed by atoms with Crippen molar-refractivity contribution in [3.63, 3.8) is 0 Å². The fourth-order valence-electron chi connectivity index (χ4n) is 2.75. The van der Waals surface area contributed by atoms with Crippen molar-refractivity contribution in [2.24, 2.45) is 0 Å². The lowest BCUT2D eigenvalue weighted by atomic mass is 10.2. The predicted octanol–water partition coefficient (Wildman–Crippen LogP) is 0.282. The van der Waals surface area contributed by atoms with Gasteiger partial charge in [-0.3, -0.25) is 20.2 Å². The summed E-state index contributed by atoms with van der Waals surface area (Å²) in [6.07, 6.45) is 6.00. The Bertz CT molecular complexity index is 549. The Labute approximate surface area is 139 Å². The van der Waals surface area contributed by atoms with Crippen molar-refractivity contribution < 1.29 is 9.59 Å². The average molecular weight is 338 g/mol. The van der Waals surface area contributed by atoms with Gasteiger partial charge in [-0.1, -0.05) is 12.8 Å². The van der Waals surface area contributed by atoms with Gasteiger partial charge in [0.1, 0.15) is 12.9 Å². The van der Waals surface area contributed by atoms with E-state index in [2.05, 4.69) is 20.7 Å². The first kappa shape index (κ1) is 16.3. The largest absolute Gasteiger partial charge is 0.341 e. The highest BCUT2D eigenvalue weighted by molar-refractivity contribution is 7.99. The molecule has 2 aliphatic heterocycles. The third-order valence-electron chi connectivity index (χ3n) is 4.06. The summed E-state index contributed by atoms with van der Waals surface area (Å²) in [7, 11) is 0. The lowest BCUT2D eigenvalue weighted by Gasteiger charge is -2.19. The summed E-state index contributed by atoms with van der Waals surface area (Å²) < 4.78 is 1.49. The summed E-state index contributed by atoms with van der Waals surface area (Å²) in [5.41, 5.74) is 0. The molecule has 0 spiro atoms. The van der Waals surface area contributed by atoms with Crippen molar-refractivity contribution in [2.75, 3.05) is 30.0 Å². The highest BCUT2D eigenvalue weighted by Gasteiger charge is 2.23. The SMILES string of the molecule is O=C(Nc1ncn(CC(=O)N2CCCCCC2)n1)C1CSCN1. The molecule has 0 radical (unpaired) electrons. The summed E-state index contributed by atoms with van der Waals surface area (Å²) in [6.45, 7) is 1.81. The molecule has 1 aromatic heterocycles. The number of carbonyl (C=O) groups is 2. The van der Waals surface area contributed by atoms with Gasteiger partial charge in [-0.05, 0) is 12.8 Å². The van der Waals surface area contributed by atoms with Crippen molar-refractivity contribution in [1.29, 1.82) is 0 Å². The van der Waals surface area contributed by atoms with Crippen LogP contribution < -0.4 is 10.6 Å². The van der Waals surface area contributed by atoms with Crippen LogP contribution in [0.3, 0.4) is 0 Å². The Balaban J connectivity index is 1.52. The first-order chi connectivity index (χ1) is 11.2. The highest BCUT2D eigenvalue weighted by atomic mass is 32.2. The van der Waals surface area contributed by atoms with E-state index < -0.39 is 0 Å². The van der Waals surface area contributed by atoms with E-state index in [0.29, 0.717) is 0 Å². The molecule has 23 heavy (non-hydrogen) atoms. The molecule has 0 aromatic carbocycles. The summed E-state index contributed by atoms with van der Waals surface area (Å²) in [6, 6.07) is -0.203. The molecule has 9 heteroatoms. The zero-order valence-corrected chi connectivity index (χ0v) is 13.8. The lowest BCUT2D eigenvalue weighted by molar-refractivity contribution is -0.132. The molecule has 126 valence electrons. The molecule has 2 amide bonds. The number of carbonyl (C=O) groups excluding carboxylic acids is 2. The molecular weight excluding hydrogens is 316 g/mol. The topological polar surface area (TPSA) is 92.2 Å². The molecule has 2 fully saturated rings. The molecular formula is C14H22N6O2S. The monoisotopic (exact) mass is 338 g/mol. The van der Waals surface area contributed by atoms with Crippen LogP contribution in [0.15, 0.2) is 6.33 Å². The Morgan fingerprint density at radius 3 is 2.78 bits per heavy atom. The van der Waals surface area contributed by atoms with Gasteiger partial charge < -0.3 is 4.90 Å². The van der Waals surface area contributed by atoms with Gasteiger partial charge in [0.05, 0.1) is 6.04 Å². The highest BCUT2D eigenvalue weighted by Crippen LogP contribution is 2.12. The number of rotatable bonds is 4. The smallest absolute Gasteiger partial charge is 0.248 e. The Hall–Kier alpha value is -1.61. The Kier molecular flexibility index (Phi) is 5.50. The van der Waals surface area contributed by atoms with Gasteiger partial charge in [-0.15, -0.1) is 16.9 Å². The molecule has 2 N–H and O–H groups in total. The molecule has 2 aliphatic rings. The van der Waals surface area contributed by atoms with Crippen LogP contribution in [0.2, 0.25) is 0 Å². The molecule has 0 aliphatic carbocycles. The zero-order chi connectivity index (χ0) is 16.1. The molecule has 0 bridgehead atoms. The number of thioether (sulfide) groups is 1. The van der Waals surface area contributed by atoms with Gasteiger partial charge in [-0.2, -0.15) is 0 Å². The number of amides is 2. The van der Waals surface area contributed by atoms with E-state index in [1.54, 1.807) is 11.8 Å². The van der Waals surface area contributed by atoms with Crippen LogP contribution in [0.25, 0.3) is 0 Å². The number of aromatic nitrogens is 3. The number of hydrogen-bond donors (Lipinski definition) is 2. The standard InChI is InChI=1S/C14H22N6O2S/c21-12(19-5-3-1-2-4-6-19)7-20-9-15-14(18-20)17-13(22)11-8-23-10-16-11/h9,11,16H,1-8,10H2,(H,17,18,22). The molecule has 3 heterocycles. The van der Waals surface area contributed by atoms with Crippen molar-refractivity contribution in [3.8, 4) is 0 Å². The van der Waals surface area contributed by atoms with E-state index in [-0.39, 0.29) is 30.3 Å². The van der Waals surface area contributed by atoms with Gasteiger partial charge in [0.15, 0.2) is 0 Å². The van der Waals surface area contributed by atoms with Gasteiger partial charge in [0, 0.05) is 24.7 Å². The summed E-state index contributed by atoms with van der Waals surface area (Å²) in [4.78, 5) is 30.2. The van der Waals surface area contributed by atoms with E-state index in [9.17, 15) is 9.59 Å². The minimum Gasteiger partial charge on any atom is -0.341 e.